The standard InChI is InChI=1S/C46H56O11S/c1-4-39-37(25-41(40(39)5-2)52-29-36-21-23-38(50-3)24-22-36)26-42-45(57-58(47,48)49)46(54-30-35-19-13-8-14-20-35)44(56-32-55-42)43(53-28-34-17-11-7-12-18-34)31-51-27-33-15-9-6-10-16-33/h6-24,39-46H,4-5,25-32H2,1-3H3/p+1/t39-,40+,41+,42+,43-,44+,45+,46+/m0/s1. The molecule has 6 rings (SSSR count). The maximum atomic E-state index is 12.8. The van der Waals surface area contributed by atoms with Crippen molar-refractivity contribution in [2.45, 2.75) is 103 Å². The van der Waals surface area contributed by atoms with Gasteiger partial charge in [0, 0.05) is 5.92 Å². The molecular weight excluding hydrogens is 761 g/mol. The zero-order chi connectivity index (χ0) is 40.7. The Morgan fingerprint density at radius 1 is 0.724 bits per heavy atom. The van der Waals surface area contributed by atoms with Gasteiger partial charge in [0.2, 0.25) is 0 Å². The van der Waals surface area contributed by atoms with Gasteiger partial charge in [0.25, 0.3) is 0 Å². The summed E-state index contributed by atoms with van der Waals surface area (Å²) in [5.41, 5.74) is 3.82. The van der Waals surface area contributed by atoms with E-state index >= 15 is 0 Å². The first-order valence-electron chi connectivity index (χ1n) is 20.1. The molecule has 4 aromatic rings. The largest absolute Gasteiger partial charge is 0.497 e. The summed E-state index contributed by atoms with van der Waals surface area (Å²) < 4.78 is 85.7. The quantitative estimate of drug-likeness (QED) is 0.0644. The van der Waals surface area contributed by atoms with Gasteiger partial charge >= 0.3 is 10.4 Å². The van der Waals surface area contributed by atoms with Crippen molar-refractivity contribution in [2.75, 3.05) is 20.5 Å². The van der Waals surface area contributed by atoms with Gasteiger partial charge in [-0.3, -0.25) is 4.55 Å². The monoisotopic (exact) mass is 817 g/mol. The molecule has 312 valence electrons. The molecule has 1 aliphatic heterocycles. The van der Waals surface area contributed by atoms with E-state index in [-0.39, 0.29) is 44.6 Å². The highest BCUT2D eigenvalue weighted by Gasteiger charge is 2.55. The van der Waals surface area contributed by atoms with E-state index < -0.39 is 40.9 Å². The van der Waals surface area contributed by atoms with Crippen molar-refractivity contribution < 1.29 is 50.3 Å². The molecule has 12 heteroatoms. The van der Waals surface area contributed by atoms with Crippen LogP contribution in [0.5, 0.6) is 5.75 Å². The minimum atomic E-state index is -5.00. The van der Waals surface area contributed by atoms with Crippen LogP contribution in [0, 0.1) is 17.8 Å². The van der Waals surface area contributed by atoms with E-state index in [0.29, 0.717) is 26.1 Å². The number of rotatable bonds is 21. The molecular formula is C46H57O11S+. The fraction of sp³-hybridized carbons (Fsp3) is 0.457. The second kappa shape index (κ2) is 22.0. The van der Waals surface area contributed by atoms with Gasteiger partial charge in [-0.2, -0.15) is 8.42 Å². The van der Waals surface area contributed by atoms with Crippen LogP contribution in [0.25, 0.3) is 0 Å². The van der Waals surface area contributed by atoms with Crippen molar-refractivity contribution in [2.24, 2.45) is 11.8 Å². The van der Waals surface area contributed by atoms with Crippen LogP contribution in [0.15, 0.2) is 115 Å². The number of hydrogen-bond acceptors (Lipinski definition) is 10. The molecule has 1 saturated heterocycles. The van der Waals surface area contributed by atoms with E-state index in [2.05, 4.69) is 13.8 Å². The summed E-state index contributed by atoms with van der Waals surface area (Å²) >= 11 is 0. The van der Waals surface area contributed by atoms with Crippen molar-refractivity contribution in [1.29, 1.82) is 0 Å². The normalized spacial score (nSPS) is 24.3. The van der Waals surface area contributed by atoms with E-state index in [0.717, 1.165) is 40.8 Å². The summed E-state index contributed by atoms with van der Waals surface area (Å²) in [5.74, 6) is 2.41. The third-order valence-corrected chi connectivity index (χ3v) is 11.6. The Balaban J connectivity index is 1.28. The Morgan fingerprint density at radius 2 is 1.31 bits per heavy atom. The summed E-state index contributed by atoms with van der Waals surface area (Å²) in [4.78, 5) is 0. The van der Waals surface area contributed by atoms with Gasteiger partial charge in [-0.05, 0) is 47.2 Å². The van der Waals surface area contributed by atoms with Crippen LogP contribution in [0.2, 0.25) is 0 Å². The maximum Gasteiger partial charge on any atom is 0.397 e. The summed E-state index contributed by atoms with van der Waals surface area (Å²) in [6, 6.07) is 36.9. The molecule has 0 spiro atoms. The van der Waals surface area contributed by atoms with Crippen LogP contribution in [0.3, 0.4) is 0 Å². The van der Waals surface area contributed by atoms with Gasteiger partial charge in [-0.25, -0.2) is 4.18 Å². The highest BCUT2D eigenvalue weighted by molar-refractivity contribution is 7.80. The lowest BCUT2D eigenvalue weighted by molar-refractivity contribution is -0.183. The first kappa shape index (κ1) is 43.8. The predicted molar refractivity (Wildman–Crippen MR) is 219 cm³/mol. The minimum Gasteiger partial charge on any atom is -0.497 e. The maximum absolute atomic E-state index is 12.8. The SMILES string of the molecule is CC[C@H]1[C@H](OCc2ccc(OC)cc2)C[C+](C[C@H]2OCO[C@H]([C@H](COCc3ccccc3)OCc3ccccc3)[C@@H](OCc3ccccc3)[C@@H]2OS(=O)(=O)O)[C@@H]1CC. The third-order valence-electron chi connectivity index (χ3n) is 11.1. The molecule has 1 heterocycles. The zero-order valence-corrected chi connectivity index (χ0v) is 34.4. The Labute approximate surface area is 343 Å². The van der Waals surface area contributed by atoms with Crippen molar-refractivity contribution in [3.8, 4) is 5.75 Å². The molecule has 11 nitrogen and oxygen atoms in total. The second-order valence-corrected chi connectivity index (χ2v) is 15.9. The van der Waals surface area contributed by atoms with Gasteiger partial charge in [-0.15, -0.1) is 0 Å². The van der Waals surface area contributed by atoms with Crippen LogP contribution in [-0.2, 0) is 69.4 Å². The average molecular weight is 818 g/mol. The van der Waals surface area contributed by atoms with Crippen molar-refractivity contribution in [3.05, 3.63) is 143 Å². The van der Waals surface area contributed by atoms with E-state index in [1.807, 2.05) is 115 Å². The van der Waals surface area contributed by atoms with E-state index in [1.54, 1.807) is 7.11 Å². The van der Waals surface area contributed by atoms with Crippen molar-refractivity contribution in [1.82, 2.24) is 0 Å². The molecule has 1 aliphatic carbocycles. The summed E-state index contributed by atoms with van der Waals surface area (Å²) in [6.45, 7) is 5.32. The minimum absolute atomic E-state index is 0.0505. The molecule has 0 amide bonds. The fourth-order valence-electron chi connectivity index (χ4n) is 8.25. The zero-order valence-electron chi connectivity index (χ0n) is 33.6. The van der Waals surface area contributed by atoms with Crippen LogP contribution in [0.4, 0.5) is 0 Å². The lowest BCUT2D eigenvalue weighted by Crippen LogP contribution is -2.53. The van der Waals surface area contributed by atoms with Crippen molar-refractivity contribution >= 4 is 10.4 Å². The fourth-order valence-corrected chi connectivity index (χ4v) is 8.76. The summed E-state index contributed by atoms with van der Waals surface area (Å²) in [5, 5.41) is 0. The van der Waals surface area contributed by atoms with E-state index in [9.17, 15) is 13.0 Å². The Morgan fingerprint density at radius 3 is 1.90 bits per heavy atom. The van der Waals surface area contributed by atoms with Crippen molar-refractivity contribution in [3.63, 3.8) is 0 Å². The van der Waals surface area contributed by atoms with E-state index in [1.165, 1.54) is 5.92 Å². The van der Waals surface area contributed by atoms with Crippen LogP contribution < -0.4 is 4.74 Å². The molecule has 4 aromatic carbocycles. The topological polar surface area (TPSA) is 128 Å². The Bertz CT molecular complexity index is 1860. The average Bonchev–Trinajstić information content (AvgIpc) is 3.50. The first-order valence-corrected chi connectivity index (χ1v) is 21.5. The molecule has 2 fully saturated rings. The lowest BCUT2D eigenvalue weighted by Gasteiger charge is -2.35. The van der Waals surface area contributed by atoms with Crippen LogP contribution >= 0.6 is 0 Å². The molecule has 1 N–H and O–H groups in total. The van der Waals surface area contributed by atoms with E-state index in [4.69, 9.17) is 37.3 Å². The van der Waals surface area contributed by atoms with Gasteiger partial charge in [-0.1, -0.05) is 117 Å². The Kier molecular flexibility index (Phi) is 16.6. The molecule has 0 aromatic heterocycles. The highest BCUT2D eigenvalue weighted by Crippen LogP contribution is 2.47. The molecule has 2 aliphatic rings. The van der Waals surface area contributed by atoms with Crippen LogP contribution in [0.1, 0.15) is 61.8 Å². The van der Waals surface area contributed by atoms with Gasteiger partial charge in [0.05, 0.1) is 46.1 Å². The highest BCUT2D eigenvalue weighted by atomic mass is 32.3. The number of hydrogen-bond donors (Lipinski definition) is 1. The second-order valence-electron chi connectivity index (χ2n) is 14.9. The molecule has 0 bridgehead atoms. The number of methoxy groups -OCH3 is 1. The smallest absolute Gasteiger partial charge is 0.397 e. The molecule has 1 saturated carbocycles. The van der Waals surface area contributed by atoms with Gasteiger partial charge in [0.15, 0.2) is 0 Å². The summed E-state index contributed by atoms with van der Waals surface area (Å²) in [7, 11) is -3.36. The number of ether oxygens (including phenoxy) is 7. The molecule has 8 atom stereocenters. The molecule has 0 radical (unpaired) electrons. The Hall–Kier alpha value is -3.82. The number of benzene rings is 4. The lowest BCUT2D eigenvalue weighted by atomic mass is 9.81. The van der Waals surface area contributed by atoms with Gasteiger partial charge < -0.3 is 33.2 Å². The van der Waals surface area contributed by atoms with Gasteiger partial charge in [0.1, 0.15) is 67.9 Å². The van der Waals surface area contributed by atoms with Crippen LogP contribution in [-0.4, -0.2) is 70.1 Å². The first-order chi connectivity index (χ1) is 28.2. The molecule has 58 heavy (non-hydrogen) atoms. The molecule has 0 unspecified atom stereocenters. The summed E-state index contributed by atoms with van der Waals surface area (Å²) in [6.07, 6.45) is -2.21. The predicted octanol–water partition coefficient (Wildman–Crippen LogP) is 8.32. The third kappa shape index (κ3) is 12.6.